The zero-order valence-corrected chi connectivity index (χ0v) is 14.8. The van der Waals surface area contributed by atoms with Crippen molar-refractivity contribution in [2.75, 3.05) is 5.32 Å². The van der Waals surface area contributed by atoms with Gasteiger partial charge in [-0.1, -0.05) is 25.4 Å². The van der Waals surface area contributed by atoms with Gasteiger partial charge in [0.25, 0.3) is 0 Å². The van der Waals surface area contributed by atoms with Crippen molar-refractivity contribution >= 4 is 29.2 Å². The number of carboxylic acids is 1. The topological polar surface area (TPSA) is 66.4 Å². The van der Waals surface area contributed by atoms with Crippen LogP contribution in [0.25, 0.3) is 0 Å². The third kappa shape index (κ3) is 3.34. The van der Waals surface area contributed by atoms with Crippen LogP contribution >= 0.6 is 11.6 Å². The van der Waals surface area contributed by atoms with Gasteiger partial charge in [-0.3, -0.25) is 9.59 Å². The Morgan fingerprint density at radius 1 is 1.28 bits per heavy atom. The van der Waals surface area contributed by atoms with Crippen LogP contribution in [-0.4, -0.2) is 17.0 Å². The van der Waals surface area contributed by atoms with E-state index >= 15 is 0 Å². The molecule has 1 saturated carbocycles. The van der Waals surface area contributed by atoms with E-state index in [1.807, 2.05) is 0 Å². The first-order chi connectivity index (χ1) is 11.3. The molecule has 2 rings (SSSR count). The standard InChI is InChI=1S/C17H19ClF3NO3/c1-15(2)10(6-7-16(15,3)14(24)25)13(23)22-9-4-5-12(18)11(8-9)17(19,20)21/h4-5,8,10H,6-7H2,1-3H3,(H,22,23)(H,24,25). The third-order valence-electron chi connectivity index (χ3n) is 5.55. The summed E-state index contributed by atoms with van der Waals surface area (Å²) in [6.45, 7) is 4.98. The fourth-order valence-electron chi connectivity index (χ4n) is 3.39. The molecule has 0 radical (unpaired) electrons. The molecule has 1 amide bonds. The van der Waals surface area contributed by atoms with Gasteiger partial charge in [0.2, 0.25) is 5.91 Å². The summed E-state index contributed by atoms with van der Waals surface area (Å²) in [6.07, 6.45) is -3.96. The molecule has 1 aromatic carbocycles. The van der Waals surface area contributed by atoms with Gasteiger partial charge in [-0.25, -0.2) is 0 Å². The van der Waals surface area contributed by atoms with Gasteiger partial charge in [0, 0.05) is 11.6 Å². The fourth-order valence-corrected chi connectivity index (χ4v) is 3.62. The van der Waals surface area contributed by atoms with E-state index in [0.29, 0.717) is 12.8 Å². The Morgan fingerprint density at radius 3 is 2.36 bits per heavy atom. The average Bonchev–Trinajstić information content (AvgIpc) is 2.71. The van der Waals surface area contributed by atoms with Crippen LogP contribution in [0.4, 0.5) is 18.9 Å². The molecule has 1 aliphatic rings. The molecule has 0 spiro atoms. The number of rotatable bonds is 3. The molecule has 8 heteroatoms. The van der Waals surface area contributed by atoms with Gasteiger partial charge in [0.1, 0.15) is 0 Å². The summed E-state index contributed by atoms with van der Waals surface area (Å²) in [7, 11) is 0. The minimum Gasteiger partial charge on any atom is -0.481 e. The number of carboxylic acid groups (broad SMARTS) is 1. The molecule has 0 aliphatic heterocycles. The lowest BCUT2D eigenvalue weighted by atomic mass is 9.65. The maximum absolute atomic E-state index is 12.9. The summed E-state index contributed by atoms with van der Waals surface area (Å²) < 4.78 is 38.8. The highest BCUT2D eigenvalue weighted by Gasteiger charge is 2.58. The number of halogens is 4. The summed E-state index contributed by atoms with van der Waals surface area (Å²) in [4.78, 5) is 24.2. The molecule has 2 N–H and O–H groups in total. The van der Waals surface area contributed by atoms with E-state index in [1.165, 1.54) is 6.07 Å². The molecule has 2 unspecified atom stereocenters. The van der Waals surface area contributed by atoms with Crippen LogP contribution in [0.3, 0.4) is 0 Å². The van der Waals surface area contributed by atoms with Gasteiger partial charge in [0.05, 0.1) is 16.0 Å². The number of carbonyl (C=O) groups excluding carboxylic acids is 1. The van der Waals surface area contributed by atoms with Crippen molar-refractivity contribution < 1.29 is 27.9 Å². The number of hydrogen-bond donors (Lipinski definition) is 2. The predicted octanol–water partition coefficient (Wildman–Crippen LogP) is 4.82. The Kier molecular flexibility index (Phi) is 4.85. The van der Waals surface area contributed by atoms with Gasteiger partial charge in [-0.15, -0.1) is 0 Å². The Balaban J connectivity index is 2.26. The Labute approximate surface area is 148 Å². The van der Waals surface area contributed by atoms with Crippen LogP contribution in [-0.2, 0) is 15.8 Å². The van der Waals surface area contributed by atoms with Crippen molar-refractivity contribution in [2.45, 2.75) is 39.8 Å². The number of benzene rings is 1. The summed E-state index contributed by atoms with van der Waals surface area (Å²) >= 11 is 5.56. The van der Waals surface area contributed by atoms with E-state index in [-0.39, 0.29) is 5.69 Å². The molecule has 1 aliphatic carbocycles. The molecule has 138 valence electrons. The monoisotopic (exact) mass is 377 g/mol. The van der Waals surface area contributed by atoms with E-state index in [9.17, 15) is 27.9 Å². The first-order valence-corrected chi connectivity index (χ1v) is 8.09. The Bertz CT molecular complexity index is 718. The lowest BCUT2D eigenvalue weighted by Crippen LogP contribution is -2.43. The number of alkyl halides is 3. The molecule has 0 saturated heterocycles. The van der Waals surface area contributed by atoms with Crippen molar-refractivity contribution in [3.05, 3.63) is 28.8 Å². The van der Waals surface area contributed by atoms with Crippen LogP contribution in [0, 0.1) is 16.7 Å². The molecule has 4 nitrogen and oxygen atoms in total. The summed E-state index contributed by atoms with van der Waals surface area (Å²) in [5.74, 6) is -2.11. The van der Waals surface area contributed by atoms with Crippen LogP contribution in [0.1, 0.15) is 39.2 Å². The number of aliphatic carboxylic acids is 1. The minimum absolute atomic E-state index is 0.0264. The highest BCUT2D eigenvalue weighted by atomic mass is 35.5. The molecular weight excluding hydrogens is 359 g/mol. The van der Waals surface area contributed by atoms with E-state index in [4.69, 9.17) is 11.6 Å². The highest BCUT2D eigenvalue weighted by molar-refractivity contribution is 6.31. The second-order valence-electron chi connectivity index (χ2n) is 7.13. The zero-order valence-electron chi connectivity index (χ0n) is 14.0. The molecule has 2 atom stereocenters. The maximum atomic E-state index is 12.9. The van der Waals surface area contributed by atoms with Crippen LogP contribution in [0.5, 0.6) is 0 Å². The predicted molar refractivity (Wildman–Crippen MR) is 87.3 cm³/mol. The van der Waals surface area contributed by atoms with Crippen molar-refractivity contribution in [1.29, 1.82) is 0 Å². The zero-order chi connectivity index (χ0) is 19.2. The number of carbonyl (C=O) groups is 2. The van der Waals surface area contributed by atoms with Gasteiger partial charge in [0.15, 0.2) is 0 Å². The van der Waals surface area contributed by atoms with Gasteiger partial charge < -0.3 is 10.4 Å². The van der Waals surface area contributed by atoms with E-state index < -0.39 is 45.4 Å². The second kappa shape index (κ2) is 6.20. The third-order valence-corrected chi connectivity index (χ3v) is 5.88. The Hall–Kier alpha value is -1.76. The quantitative estimate of drug-likeness (QED) is 0.793. The first-order valence-electron chi connectivity index (χ1n) is 7.71. The molecule has 1 aromatic rings. The smallest absolute Gasteiger partial charge is 0.417 e. The lowest BCUT2D eigenvalue weighted by Gasteiger charge is -2.37. The van der Waals surface area contributed by atoms with Crippen molar-refractivity contribution in [3.8, 4) is 0 Å². The SMILES string of the molecule is CC1(C(=O)O)CCC(C(=O)Nc2ccc(Cl)c(C(F)(F)F)c2)C1(C)C. The number of amides is 1. The van der Waals surface area contributed by atoms with Crippen LogP contribution in [0.2, 0.25) is 5.02 Å². The lowest BCUT2D eigenvalue weighted by molar-refractivity contribution is -0.155. The van der Waals surface area contributed by atoms with Crippen LogP contribution in [0.15, 0.2) is 18.2 Å². The van der Waals surface area contributed by atoms with Crippen molar-refractivity contribution in [2.24, 2.45) is 16.7 Å². The van der Waals surface area contributed by atoms with Gasteiger partial charge >= 0.3 is 12.1 Å². The molecular formula is C17H19ClF3NO3. The first kappa shape index (κ1) is 19.6. The van der Waals surface area contributed by atoms with Crippen LogP contribution < -0.4 is 5.32 Å². The average molecular weight is 378 g/mol. The molecule has 25 heavy (non-hydrogen) atoms. The second-order valence-corrected chi connectivity index (χ2v) is 7.54. The fraction of sp³-hybridized carbons (Fsp3) is 0.529. The summed E-state index contributed by atoms with van der Waals surface area (Å²) in [6, 6.07) is 3.13. The number of nitrogens with one attached hydrogen (secondary N) is 1. The summed E-state index contributed by atoms with van der Waals surface area (Å²) in [5, 5.41) is 11.5. The number of anilines is 1. The van der Waals surface area contributed by atoms with Gasteiger partial charge in [-0.05, 0) is 43.4 Å². The van der Waals surface area contributed by atoms with E-state index in [1.54, 1.807) is 20.8 Å². The highest BCUT2D eigenvalue weighted by Crippen LogP contribution is 2.56. The Morgan fingerprint density at radius 2 is 1.88 bits per heavy atom. The summed E-state index contributed by atoms with van der Waals surface area (Å²) in [5.41, 5.74) is -2.98. The molecule has 0 aromatic heterocycles. The van der Waals surface area contributed by atoms with Gasteiger partial charge in [-0.2, -0.15) is 13.2 Å². The largest absolute Gasteiger partial charge is 0.481 e. The van der Waals surface area contributed by atoms with E-state index in [2.05, 4.69) is 5.32 Å². The van der Waals surface area contributed by atoms with E-state index in [0.717, 1.165) is 12.1 Å². The number of hydrogen-bond acceptors (Lipinski definition) is 2. The molecule has 0 bridgehead atoms. The minimum atomic E-state index is -4.63. The van der Waals surface area contributed by atoms with Crippen molar-refractivity contribution in [3.63, 3.8) is 0 Å². The maximum Gasteiger partial charge on any atom is 0.417 e. The van der Waals surface area contributed by atoms with Crippen molar-refractivity contribution in [1.82, 2.24) is 0 Å². The molecule has 1 fully saturated rings. The molecule has 0 heterocycles. The normalized spacial score (nSPS) is 25.6.